The summed E-state index contributed by atoms with van der Waals surface area (Å²) in [7, 11) is 0. The molecular weight excluding hydrogens is 236 g/mol. The number of aliphatic carboxylic acids is 1. The summed E-state index contributed by atoms with van der Waals surface area (Å²) in [5, 5.41) is 11.2. The Labute approximate surface area is 106 Å². The third-order valence-corrected chi connectivity index (χ3v) is 3.15. The van der Waals surface area contributed by atoms with Gasteiger partial charge in [0.15, 0.2) is 0 Å². The van der Waals surface area contributed by atoms with Crippen molar-refractivity contribution < 1.29 is 19.4 Å². The van der Waals surface area contributed by atoms with Crippen LogP contribution in [0.25, 0.3) is 0 Å². The van der Waals surface area contributed by atoms with E-state index in [1.807, 2.05) is 4.90 Å². The maximum Gasteiger partial charge on any atom is 0.329 e. The van der Waals surface area contributed by atoms with Gasteiger partial charge in [0, 0.05) is 19.1 Å². The maximum absolute atomic E-state index is 11.9. The highest BCUT2D eigenvalue weighted by Gasteiger charge is 2.36. The lowest BCUT2D eigenvalue weighted by molar-refractivity contribution is -0.142. The number of urea groups is 1. The largest absolute Gasteiger partial charge is 0.480 e. The Kier molecular flexibility index (Phi) is 4.41. The second kappa shape index (κ2) is 6.04. The highest BCUT2D eigenvalue weighted by Crippen LogP contribution is 2.34. The summed E-state index contributed by atoms with van der Waals surface area (Å²) >= 11 is 0. The van der Waals surface area contributed by atoms with Crippen molar-refractivity contribution in [2.24, 2.45) is 5.92 Å². The SMILES string of the molecule is O=C(O)COCCNC(=O)N(CC1CC1)C1CC1. The predicted molar refractivity (Wildman–Crippen MR) is 64.3 cm³/mol. The average Bonchev–Trinajstić information content (AvgIpc) is 3.16. The van der Waals surface area contributed by atoms with Gasteiger partial charge in [-0.25, -0.2) is 9.59 Å². The number of carboxylic acid groups (broad SMARTS) is 1. The second-order valence-electron chi connectivity index (χ2n) is 5.01. The van der Waals surface area contributed by atoms with Gasteiger partial charge in [0.25, 0.3) is 0 Å². The van der Waals surface area contributed by atoms with Crippen LogP contribution in [0.4, 0.5) is 4.79 Å². The molecule has 2 fully saturated rings. The Bertz CT molecular complexity index is 313. The van der Waals surface area contributed by atoms with Crippen molar-refractivity contribution >= 4 is 12.0 Å². The van der Waals surface area contributed by atoms with E-state index >= 15 is 0 Å². The van der Waals surface area contributed by atoms with Crippen molar-refractivity contribution in [2.45, 2.75) is 31.7 Å². The van der Waals surface area contributed by atoms with Crippen molar-refractivity contribution in [3.8, 4) is 0 Å². The molecule has 0 unspecified atom stereocenters. The summed E-state index contributed by atoms with van der Waals surface area (Å²) in [5.74, 6) is -0.297. The van der Waals surface area contributed by atoms with Crippen molar-refractivity contribution in [2.75, 3.05) is 26.3 Å². The highest BCUT2D eigenvalue weighted by molar-refractivity contribution is 5.75. The van der Waals surface area contributed by atoms with Crippen LogP contribution in [0.1, 0.15) is 25.7 Å². The van der Waals surface area contributed by atoms with Crippen molar-refractivity contribution in [1.82, 2.24) is 10.2 Å². The molecule has 0 atom stereocenters. The smallest absolute Gasteiger partial charge is 0.329 e. The molecule has 6 heteroatoms. The number of carbonyl (C=O) groups is 2. The molecule has 18 heavy (non-hydrogen) atoms. The van der Waals surface area contributed by atoms with Crippen LogP contribution < -0.4 is 5.32 Å². The molecule has 0 spiro atoms. The van der Waals surface area contributed by atoms with E-state index in [9.17, 15) is 9.59 Å². The first-order chi connectivity index (χ1) is 8.66. The number of hydrogen-bond donors (Lipinski definition) is 2. The van der Waals surface area contributed by atoms with Gasteiger partial charge in [-0.2, -0.15) is 0 Å². The van der Waals surface area contributed by atoms with Crippen molar-refractivity contribution in [1.29, 1.82) is 0 Å². The molecule has 0 radical (unpaired) electrons. The van der Waals surface area contributed by atoms with Crippen LogP contribution in [-0.4, -0.2) is 54.4 Å². The molecule has 0 bridgehead atoms. The fourth-order valence-corrected chi connectivity index (χ4v) is 1.85. The summed E-state index contributed by atoms with van der Waals surface area (Å²) in [6.45, 7) is 1.15. The lowest BCUT2D eigenvalue weighted by atomic mass is 10.3. The summed E-state index contributed by atoms with van der Waals surface area (Å²) in [6, 6.07) is 0.383. The van der Waals surface area contributed by atoms with Gasteiger partial charge in [-0.05, 0) is 31.6 Å². The quantitative estimate of drug-likeness (QED) is 0.626. The van der Waals surface area contributed by atoms with Crippen molar-refractivity contribution in [3.63, 3.8) is 0 Å². The minimum atomic E-state index is -0.991. The Morgan fingerprint density at radius 3 is 2.56 bits per heavy atom. The third-order valence-electron chi connectivity index (χ3n) is 3.15. The molecule has 0 aromatic heterocycles. The number of nitrogens with zero attached hydrogens (tertiary/aromatic N) is 1. The first-order valence-corrected chi connectivity index (χ1v) is 6.51. The molecule has 0 heterocycles. The van der Waals surface area contributed by atoms with Gasteiger partial charge in [0.2, 0.25) is 0 Å². The third kappa shape index (κ3) is 4.52. The number of carboxylic acids is 1. The van der Waals surface area contributed by atoms with Crippen LogP contribution in [-0.2, 0) is 9.53 Å². The number of ether oxygens (including phenoxy) is 1. The van der Waals surface area contributed by atoms with E-state index in [4.69, 9.17) is 9.84 Å². The zero-order valence-electron chi connectivity index (χ0n) is 10.4. The van der Waals surface area contributed by atoms with E-state index in [0.717, 1.165) is 19.4 Å². The topological polar surface area (TPSA) is 78.9 Å². The molecule has 0 aromatic rings. The summed E-state index contributed by atoms with van der Waals surface area (Å²) in [4.78, 5) is 24.1. The maximum atomic E-state index is 11.9. The standard InChI is InChI=1S/C12H20N2O4/c15-11(16)8-18-6-5-13-12(17)14(10-3-4-10)7-9-1-2-9/h9-10H,1-8H2,(H,13,17)(H,15,16). The van der Waals surface area contributed by atoms with Gasteiger partial charge in [-0.1, -0.05) is 0 Å². The number of rotatable bonds is 8. The molecule has 2 N–H and O–H groups in total. The fraction of sp³-hybridized carbons (Fsp3) is 0.833. The van der Waals surface area contributed by atoms with E-state index in [2.05, 4.69) is 5.32 Å². The predicted octanol–water partition coefficient (Wildman–Crippen LogP) is 0.672. The van der Waals surface area contributed by atoms with Crippen LogP contribution in [0.3, 0.4) is 0 Å². The molecule has 2 aliphatic carbocycles. The van der Waals surface area contributed by atoms with E-state index < -0.39 is 5.97 Å². The normalized spacial score (nSPS) is 18.4. The van der Waals surface area contributed by atoms with E-state index in [1.165, 1.54) is 12.8 Å². The average molecular weight is 256 g/mol. The number of amides is 2. The first-order valence-electron chi connectivity index (χ1n) is 6.51. The molecule has 2 saturated carbocycles. The van der Waals surface area contributed by atoms with E-state index in [0.29, 0.717) is 18.5 Å². The second-order valence-corrected chi connectivity index (χ2v) is 5.01. The number of nitrogens with one attached hydrogen (secondary N) is 1. The molecule has 102 valence electrons. The summed E-state index contributed by atoms with van der Waals surface area (Å²) in [6.07, 6.45) is 4.68. The zero-order valence-corrected chi connectivity index (χ0v) is 10.4. The van der Waals surface area contributed by atoms with Gasteiger partial charge < -0.3 is 20.1 Å². The van der Waals surface area contributed by atoms with Gasteiger partial charge in [-0.3, -0.25) is 0 Å². The molecule has 2 amide bonds. The van der Waals surface area contributed by atoms with Gasteiger partial charge in [0.1, 0.15) is 6.61 Å². The van der Waals surface area contributed by atoms with Crippen LogP contribution >= 0.6 is 0 Å². The number of hydrogen-bond acceptors (Lipinski definition) is 3. The minimum absolute atomic E-state index is 0.0386. The van der Waals surface area contributed by atoms with Crippen molar-refractivity contribution in [3.05, 3.63) is 0 Å². The lowest BCUT2D eigenvalue weighted by Gasteiger charge is -2.22. The van der Waals surface area contributed by atoms with Gasteiger partial charge in [0.05, 0.1) is 6.61 Å². The van der Waals surface area contributed by atoms with Crippen LogP contribution in [0.5, 0.6) is 0 Å². The lowest BCUT2D eigenvalue weighted by Crippen LogP contribution is -2.43. The fourth-order valence-electron chi connectivity index (χ4n) is 1.85. The minimum Gasteiger partial charge on any atom is -0.480 e. The summed E-state index contributed by atoms with van der Waals surface area (Å²) in [5.41, 5.74) is 0. The van der Waals surface area contributed by atoms with E-state index in [1.54, 1.807) is 0 Å². The monoisotopic (exact) mass is 256 g/mol. The Hall–Kier alpha value is -1.30. The van der Waals surface area contributed by atoms with Crippen LogP contribution in [0, 0.1) is 5.92 Å². The highest BCUT2D eigenvalue weighted by atomic mass is 16.5. The van der Waals surface area contributed by atoms with Crippen LogP contribution in [0.2, 0.25) is 0 Å². The van der Waals surface area contributed by atoms with Gasteiger partial charge >= 0.3 is 12.0 Å². The van der Waals surface area contributed by atoms with Crippen LogP contribution in [0.15, 0.2) is 0 Å². The molecular formula is C12H20N2O4. The molecule has 2 aliphatic rings. The Morgan fingerprint density at radius 1 is 1.28 bits per heavy atom. The zero-order chi connectivity index (χ0) is 13.0. The van der Waals surface area contributed by atoms with E-state index in [-0.39, 0.29) is 19.2 Å². The molecule has 0 aliphatic heterocycles. The van der Waals surface area contributed by atoms with Gasteiger partial charge in [-0.15, -0.1) is 0 Å². The summed E-state index contributed by atoms with van der Waals surface area (Å²) < 4.78 is 4.86. The first kappa shape index (κ1) is 13.1. The molecule has 0 aromatic carbocycles. The molecule has 2 rings (SSSR count). The molecule has 0 saturated heterocycles. The number of carbonyl (C=O) groups excluding carboxylic acids is 1. The Morgan fingerprint density at radius 2 is 2.00 bits per heavy atom. The molecule has 6 nitrogen and oxygen atoms in total. The Balaban J connectivity index is 1.60.